The summed E-state index contributed by atoms with van der Waals surface area (Å²) in [4.78, 5) is 0. The molecule has 112 valence electrons. The van der Waals surface area contributed by atoms with Crippen LogP contribution < -0.4 is 15.7 Å². The van der Waals surface area contributed by atoms with Crippen molar-refractivity contribution in [3.05, 3.63) is 59.2 Å². The van der Waals surface area contributed by atoms with E-state index in [0.29, 0.717) is 0 Å². The standard InChI is InChI=1S/C13H8F6NP/c1-20-21(6-2-8(14)12(18)9(15)3-6)7-4-10(16)13(19)11(17)5-7/h2-5,20H,1H3. The predicted octanol–water partition coefficient (Wildman–Crippen LogP) is 3.09. The Hall–Kier alpha value is -1.59. The van der Waals surface area contributed by atoms with Crippen LogP contribution in [-0.2, 0) is 0 Å². The quantitative estimate of drug-likeness (QED) is 0.520. The average molecular weight is 323 g/mol. The van der Waals surface area contributed by atoms with E-state index < -0.39 is 43.0 Å². The fourth-order valence-corrected chi connectivity index (χ4v) is 3.53. The lowest BCUT2D eigenvalue weighted by molar-refractivity contribution is 0.448. The van der Waals surface area contributed by atoms with E-state index in [1.807, 2.05) is 0 Å². The molecular weight excluding hydrogens is 315 g/mol. The molecule has 0 aliphatic carbocycles. The van der Waals surface area contributed by atoms with Crippen LogP contribution in [0.15, 0.2) is 24.3 Å². The Morgan fingerprint density at radius 3 is 1.19 bits per heavy atom. The fourth-order valence-electron chi connectivity index (χ4n) is 1.75. The van der Waals surface area contributed by atoms with Gasteiger partial charge in [-0.05, 0) is 31.3 Å². The Morgan fingerprint density at radius 1 is 0.667 bits per heavy atom. The molecule has 0 saturated carbocycles. The summed E-state index contributed by atoms with van der Waals surface area (Å²) in [5.74, 6) is -8.96. The predicted molar refractivity (Wildman–Crippen MR) is 67.9 cm³/mol. The van der Waals surface area contributed by atoms with Gasteiger partial charge in [-0.25, -0.2) is 26.3 Å². The first-order valence-corrected chi connectivity index (χ1v) is 6.96. The smallest absolute Gasteiger partial charge is 0.194 e. The summed E-state index contributed by atoms with van der Waals surface area (Å²) < 4.78 is 78.8. The Morgan fingerprint density at radius 2 is 0.952 bits per heavy atom. The van der Waals surface area contributed by atoms with Gasteiger partial charge in [-0.2, -0.15) is 0 Å². The molecule has 2 rings (SSSR count). The lowest BCUT2D eigenvalue weighted by Gasteiger charge is -2.18. The van der Waals surface area contributed by atoms with Gasteiger partial charge in [0.25, 0.3) is 0 Å². The van der Waals surface area contributed by atoms with Gasteiger partial charge >= 0.3 is 0 Å². The molecule has 0 aromatic heterocycles. The SMILES string of the molecule is CNP(c1cc(F)c(F)c(F)c1)c1cc(F)c(F)c(F)c1. The normalized spacial score (nSPS) is 11.2. The minimum atomic E-state index is -1.78. The summed E-state index contributed by atoms with van der Waals surface area (Å²) >= 11 is 0. The second kappa shape index (κ2) is 6.03. The highest BCUT2D eigenvalue weighted by molar-refractivity contribution is 7.71. The van der Waals surface area contributed by atoms with Crippen LogP contribution in [0.5, 0.6) is 0 Å². The molecule has 2 aromatic rings. The Balaban J connectivity index is 2.54. The van der Waals surface area contributed by atoms with E-state index in [0.717, 1.165) is 24.3 Å². The largest absolute Gasteiger partial charge is 0.292 e. The molecule has 1 nitrogen and oxygen atoms in total. The van der Waals surface area contributed by atoms with Gasteiger partial charge in [0.1, 0.15) is 0 Å². The number of nitrogens with one attached hydrogen (secondary N) is 1. The summed E-state index contributed by atoms with van der Waals surface area (Å²) in [5.41, 5.74) is 0. The van der Waals surface area contributed by atoms with Crippen LogP contribution >= 0.6 is 8.07 Å². The van der Waals surface area contributed by atoms with Gasteiger partial charge in [-0.1, -0.05) is 0 Å². The van der Waals surface area contributed by atoms with Crippen molar-refractivity contribution < 1.29 is 26.3 Å². The summed E-state index contributed by atoms with van der Waals surface area (Å²) in [7, 11) is -0.389. The number of halogens is 6. The van der Waals surface area contributed by atoms with Crippen LogP contribution in [0.25, 0.3) is 0 Å². The van der Waals surface area contributed by atoms with E-state index in [2.05, 4.69) is 5.09 Å². The van der Waals surface area contributed by atoms with Gasteiger partial charge in [0.05, 0.1) is 0 Å². The summed E-state index contributed by atoms with van der Waals surface area (Å²) in [6.07, 6.45) is 0. The molecule has 0 radical (unpaired) electrons. The summed E-state index contributed by atoms with van der Waals surface area (Å²) in [6, 6.07) is 2.89. The van der Waals surface area contributed by atoms with Crippen LogP contribution in [0.1, 0.15) is 0 Å². The second-order valence-electron chi connectivity index (χ2n) is 4.01. The van der Waals surface area contributed by atoms with E-state index in [-0.39, 0.29) is 10.6 Å². The number of rotatable bonds is 3. The maximum atomic E-state index is 13.2. The highest BCUT2D eigenvalue weighted by Crippen LogP contribution is 2.30. The minimum Gasteiger partial charge on any atom is -0.292 e. The molecule has 0 aliphatic rings. The number of benzene rings is 2. The van der Waals surface area contributed by atoms with Crippen molar-refractivity contribution in [3.63, 3.8) is 0 Å². The summed E-state index contributed by atoms with van der Waals surface area (Å²) in [6.45, 7) is 0. The highest BCUT2D eigenvalue weighted by Gasteiger charge is 2.21. The zero-order valence-electron chi connectivity index (χ0n) is 10.5. The van der Waals surface area contributed by atoms with Crippen molar-refractivity contribution in [2.24, 2.45) is 0 Å². The van der Waals surface area contributed by atoms with E-state index in [1.54, 1.807) is 0 Å². The van der Waals surface area contributed by atoms with Crippen LogP contribution in [-0.4, -0.2) is 7.05 Å². The van der Waals surface area contributed by atoms with Crippen LogP contribution in [0, 0.1) is 34.9 Å². The van der Waals surface area contributed by atoms with E-state index in [9.17, 15) is 26.3 Å². The van der Waals surface area contributed by atoms with Crippen molar-refractivity contribution in [1.82, 2.24) is 5.09 Å². The summed E-state index contributed by atoms with van der Waals surface area (Å²) in [5, 5.41) is 2.57. The Kier molecular flexibility index (Phi) is 4.54. The lowest BCUT2D eigenvalue weighted by Crippen LogP contribution is -2.23. The van der Waals surface area contributed by atoms with Gasteiger partial charge in [0.2, 0.25) is 0 Å². The molecular formula is C13H8F6NP. The van der Waals surface area contributed by atoms with Gasteiger partial charge in [0, 0.05) is 18.7 Å². The first kappa shape index (κ1) is 15.8. The van der Waals surface area contributed by atoms with Crippen molar-refractivity contribution in [2.75, 3.05) is 7.05 Å². The molecule has 0 spiro atoms. The Labute approximate surface area is 117 Å². The first-order chi connectivity index (χ1) is 9.85. The van der Waals surface area contributed by atoms with Crippen molar-refractivity contribution in [2.45, 2.75) is 0 Å². The van der Waals surface area contributed by atoms with Crippen molar-refractivity contribution >= 4 is 18.7 Å². The lowest BCUT2D eigenvalue weighted by atomic mass is 10.3. The minimum absolute atomic E-state index is 0.0330. The second-order valence-corrected chi connectivity index (χ2v) is 6.16. The third-order valence-electron chi connectivity index (χ3n) is 2.68. The third kappa shape index (κ3) is 3.04. The molecule has 21 heavy (non-hydrogen) atoms. The maximum Gasteiger partial charge on any atom is 0.194 e. The molecule has 0 fully saturated rings. The van der Waals surface area contributed by atoms with Gasteiger partial charge in [0.15, 0.2) is 34.9 Å². The van der Waals surface area contributed by atoms with E-state index >= 15 is 0 Å². The molecule has 0 unspecified atom stereocenters. The van der Waals surface area contributed by atoms with Gasteiger partial charge in [-0.3, -0.25) is 5.09 Å². The molecule has 0 aliphatic heterocycles. The Bertz CT molecular complexity index is 587. The van der Waals surface area contributed by atoms with Gasteiger partial charge in [-0.15, -0.1) is 0 Å². The van der Waals surface area contributed by atoms with E-state index in [1.165, 1.54) is 7.05 Å². The average Bonchev–Trinajstić information content (AvgIpc) is 2.42. The van der Waals surface area contributed by atoms with E-state index in [4.69, 9.17) is 0 Å². The maximum absolute atomic E-state index is 13.2. The molecule has 0 bridgehead atoms. The number of hydrogen-bond donors (Lipinski definition) is 1. The number of hydrogen-bond acceptors (Lipinski definition) is 1. The molecule has 1 N–H and O–H groups in total. The topological polar surface area (TPSA) is 12.0 Å². The van der Waals surface area contributed by atoms with Crippen molar-refractivity contribution in [3.8, 4) is 0 Å². The van der Waals surface area contributed by atoms with Gasteiger partial charge < -0.3 is 0 Å². The van der Waals surface area contributed by atoms with Crippen LogP contribution in [0.4, 0.5) is 26.3 Å². The van der Waals surface area contributed by atoms with Crippen LogP contribution in [0.2, 0.25) is 0 Å². The molecule has 2 aromatic carbocycles. The molecule has 0 heterocycles. The zero-order valence-corrected chi connectivity index (χ0v) is 11.4. The first-order valence-electron chi connectivity index (χ1n) is 5.61. The molecule has 0 saturated heterocycles. The fraction of sp³-hybridized carbons (Fsp3) is 0.0769. The van der Waals surface area contributed by atoms with Crippen LogP contribution in [0.3, 0.4) is 0 Å². The third-order valence-corrected chi connectivity index (χ3v) is 4.67. The highest BCUT2D eigenvalue weighted by atomic mass is 31.1. The van der Waals surface area contributed by atoms with Crippen molar-refractivity contribution in [1.29, 1.82) is 0 Å². The molecule has 8 heteroatoms. The zero-order chi connectivity index (χ0) is 15.7. The molecule has 0 amide bonds. The molecule has 0 atom stereocenters. The monoisotopic (exact) mass is 323 g/mol.